The van der Waals surface area contributed by atoms with Crippen molar-refractivity contribution in [2.75, 3.05) is 11.4 Å². The fourth-order valence-corrected chi connectivity index (χ4v) is 3.60. The number of nitrogens with two attached hydrogens (primary N) is 1. The van der Waals surface area contributed by atoms with Gasteiger partial charge in [-0.15, -0.1) is 0 Å². The van der Waals surface area contributed by atoms with Crippen LogP contribution < -0.4 is 16.0 Å². The zero-order valence-corrected chi connectivity index (χ0v) is 15.0. The number of anilines is 1. The van der Waals surface area contributed by atoms with Gasteiger partial charge in [0, 0.05) is 24.2 Å². The zero-order chi connectivity index (χ0) is 19.0. The van der Waals surface area contributed by atoms with Gasteiger partial charge in [-0.2, -0.15) is 0 Å². The molecule has 1 heterocycles. The molecule has 6 heteroatoms. The molecule has 0 bridgehead atoms. The van der Waals surface area contributed by atoms with Crippen molar-refractivity contribution >= 4 is 17.7 Å². The summed E-state index contributed by atoms with van der Waals surface area (Å²) >= 11 is 0. The second-order valence-electron chi connectivity index (χ2n) is 7.41. The number of carboxylic acids is 1. The molecule has 140 valence electrons. The highest BCUT2D eigenvalue weighted by Crippen LogP contribution is 2.43. The number of carbonyl (C=O) groups is 2. The van der Waals surface area contributed by atoms with Crippen molar-refractivity contribution in [1.82, 2.24) is 5.32 Å². The maximum Gasteiger partial charge on any atom is 0.322 e. The number of amides is 2. The third kappa shape index (κ3) is 3.53. The zero-order valence-electron chi connectivity index (χ0n) is 15.0. The van der Waals surface area contributed by atoms with Gasteiger partial charge in [0.05, 0.1) is 6.04 Å². The fourth-order valence-electron chi connectivity index (χ4n) is 3.60. The Kier molecular flexibility index (Phi) is 4.36. The van der Waals surface area contributed by atoms with Crippen LogP contribution in [0.1, 0.15) is 42.0 Å². The van der Waals surface area contributed by atoms with E-state index in [4.69, 9.17) is 10.8 Å². The Morgan fingerprint density at radius 2 is 1.81 bits per heavy atom. The first kappa shape index (κ1) is 17.5. The Labute approximate surface area is 158 Å². The van der Waals surface area contributed by atoms with Gasteiger partial charge in [0.25, 0.3) is 0 Å². The summed E-state index contributed by atoms with van der Waals surface area (Å²) in [6.07, 6.45) is 2.63. The van der Waals surface area contributed by atoms with Gasteiger partial charge >= 0.3 is 12.0 Å². The molecule has 27 heavy (non-hydrogen) atoms. The van der Waals surface area contributed by atoms with Gasteiger partial charge in [0.15, 0.2) is 0 Å². The molecule has 2 aromatic rings. The SMILES string of the molecule is NC1(c2ccc(C3CNC(=O)N3c3ccc(CCC(=O)O)cc3)cc2)CC1. The molecule has 2 amide bonds. The van der Waals surface area contributed by atoms with Crippen LogP contribution in [0, 0.1) is 0 Å². The second kappa shape index (κ2) is 6.70. The number of aryl methyl sites for hydroxylation is 1. The molecule has 6 nitrogen and oxygen atoms in total. The molecule has 1 unspecified atom stereocenters. The standard InChI is InChI=1S/C21H23N3O3/c22-21(11-12-21)16-6-4-15(5-7-16)18-13-23-20(27)24(18)17-8-1-14(2-9-17)3-10-19(25)26/h1-2,4-9,18H,3,10-13,22H2,(H,23,27)(H,25,26). The van der Waals surface area contributed by atoms with Gasteiger partial charge in [-0.05, 0) is 48.1 Å². The smallest absolute Gasteiger partial charge is 0.322 e. The molecule has 0 spiro atoms. The first-order chi connectivity index (χ1) is 13.0. The molecule has 4 rings (SSSR count). The third-order valence-corrected chi connectivity index (χ3v) is 5.48. The van der Waals surface area contributed by atoms with E-state index < -0.39 is 5.97 Å². The number of urea groups is 1. The van der Waals surface area contributed by atoms with Crippen LogP contribution in [0.5, 0.6) is 0 Å². The molecule has 1 saturated heterocycles. The number of carbonyl (C=O) groups excluding carboxylic acids is 1. The largest absolute Gasteiger partial charge is 0.481 e. The lowest BCUT2D eigenvalue weighted by Crippen LogP contribution is -2.29. The molecule has 2 aliphatic rings. The van der Waals surface area contributed by atoms with Gasteiger partial charge in [-0.1, -0.05) is 36.4 Å². The molecule has 1 saturated carbocycles. The number of carboxylic acid groups (broad SMARTS) is 1. The number of hydrogen-bond acceptors (Lipinski definition) is 3. The summed E-state index contributed by atoms with van der Waals surface area (Å²) in [6.45, 7) is 0.548. The average Bonchev–Trinajstić information content (AvgIpc) is 3.31. The Morgan fingerprint density at radius 3 is 2.41 bits per heavy atom. The predicted molar refractivity (Wildman–Crippen MR) is 103 cm³/mol. The van der Waals surface area contributed by atoms with E-state index in [2.05, 4.69) is 29.6 Å². The van der Waals surface area contributed by atoms with Gasteiger partial charge in [0.2, 0.25) is 0 Å². The van der Waals surface area contributed by atoms with E-state index in [0.29, 0.717) is 13.0 Å². The van der Waals surface area contributed by atoms with E-state index in [1.165, 1.54) is 0 Å². The lowest BCUT2D eigenvalue weighted by Gasteiger charge is -2.24. The van der Waals surface area contributed by atoms with E-state index in [0.717, 1.165) is 35.2 Å². The average molecular weight is 365 g/mol. The quantitative estimate of drug-likeness (QED) is 0.733. The monoisotopic (exact) mass is 365 g/mol. The molecule has 4 N–H and O–H groups in total. The van der Waals surface area contributed by atoms with Gasteiger partial charge < -0.3 is 16.2 Å². The highest BCUT2D eigenvalue weighted by atomic mass is 16.4. The first-order valence-corrected chi connectivity index (χ1v) is 9.23. The van der Waals surface area contributed by atoms with E-state index >= 15 is 0 Å². The summed E-state index contributed by atoms with van der Waals surface area (Å²) in [5.41, 5.74) is 10.1. The Hall–Kier alpha value is -2.86. The molecule has 2 aromatic carbocycles. The van der Waals surface area contributed by atoms with Crippen LogP contribution in [0.3, 0.4) is 0 Å². The van der Waals surface area contributed by atoms with Crippen molar-refractivity contribution in [2.24, 2.45) is 5.73 Å². The molecule has 2 fully saturated rings. The number of hydrogen-bond donors (Lipinski definition) is 3. The van der Waals surface area contributed by atoms with Crippen LogP contribution in [-0.2, 0) is 16.8 Å². The fraction of sp³-hybridized carbons (Fsp3) is 0.333. The summed E-state index contributed by atoms with van der Waals surface area (Å²) in [5.74, 6) is -0.813. The highest BCUT2D eigenvalue weighted by molar-refractivity contribution is 5.95. The van der Waals surface area contributed by atoms with Crippen LogP contribution >= 0.6 is 0 Å². The maximum atomic E-state index is 12.4. The van der Waals surface area contributed by atoms with Crippen molar-refractivity contribution in [1.29, 1.82) is 0 Å². The second-order valence-corrected chi connectivity index (χ2v) is 7.41. The topological polar surface area (TPSA) is 95.7 Å². The normalized spacial score (nSPS) is 20.4. The van der Waals surface area contributed by atoms with Gasteiger partial charge in [0.1, 0.15) is 0 Å². The molecule has 0 aromatic heterocycles. The number of nitrogens with one attached hydrogen (secondary N) is 1. The summed E-state index contributed by atoms with van der Waals surface area (Å²) in [7, 11) is 0. The summed E-state index contributed by atoms with van der Waals surface area (Å²) < 4.78 is 0. The van der Waals surface area contributed by atoms with E-state index in [1.807, 2.05) is 24.3 Å². The van der Waals surface area contributed by atoms with Crippen molar-refractivity contribution < 1.29 is 14.7 Å². The van der Waals surface area contributed by atoms with Crippen molar-refractivity contribution in [3.63, 3.8) is 0 Å². The highest BCUT2D eigenvalue weighted by Gasteiger charge is 2.40. The Balaban J connectivity index is 1.53. The van der Waals surface area contributed by atoms with Crippen LogP contribution in [0.25, 0.3) is 0 Å². The number of aliphatic carboxylic acids is 1. The molecular weight excluding hydrogens is 342 g/mol. The minimum atomic E-state index is -0.813. The van der Waals surface area contributed by atoms with Crippen molar-refractivity contribution in [2.45, 2.75) is 37.3 Å². The minimum absolute atomic E-state index is 0.0793. The number of benzene rings is 2. The minimum Gasteiger partial charge on any atom is -0.481 e. The lowest BCUT2D eigenvalue weighted by atomic mass is 9.99. The van der Waals surface area contributed by atoms with Crippen molar-refractivity contribution in [3.05, 3.63) is 65.2 Å². The Morgan fingerprint density at radius 1 is 1.15 bits per heavy atom. The molecular formula is C21H23N3O3. The van der Waals surface area contributed by atoms with Crippen LogP contribution in [0.2, 0.25) is 0 Å². The van der Waals surface area contributed by atoms with Crippen LogP contribution in [0.4, 0.5) is 10.5 Å². The summed E-state index contributed by atoms with van der Waals surface area (Å²) in [5, 5.41) is 11.7. The third-order valence-electron chi connectivity index (χ3n) is 5.48. The predicted octanol–water partition coefficient (Wildman–Crippen LogP) is 2.92. The number of rotatable bonds is 6. The number of nitrogens with zero attached hydrogens (tertiary/aromatic N) is 1. The molecule has 0 radical (unpaired) electrons. The van der Waals surface area contributed by atoms with Crippen LogP contribution in [-0.4, -0.2) is 23.7 Å². The van der Waals surface area contributed by atoms with E-state index in [1.54, 1.807) is 4.90 Å². The molecule has 1 aliphatic heterocycles. The maximum absolute atomic E-state index is 12.4. The Bertz CT molecular complexity index is 857. The van der Waals surface area contributed by atoms with E-state index in [9.17, 15) is 9.59 Å². The van der Waals surface area contributed by atoms with Gasteiger partial charge in [-0.25, -0.2) is 4.79 Å². The lowest BCUT2D eigenvalue weighted by molar-refractivity contribution is -0.136. The molecule has 1 aliphatic carbocycles. The first-order valence-electron chi connectivity index (χ1n) is 9.23. The molecule has 1 atom stereocenters. The summed E-state index contributed by atoms with van der Waals surface area (Å²) in [6, 6.07) is 15.6. The van der Waals surface area contributed by atoms with Gasteiger partial charge in [-0.3, -0.25) is 9.69 Å². The van der Waals surface area contributed by atoms with E-state index in [-0.39, 0.29) is 24.0 Å². The summed E-state index contributed by atoms with van der Waals surface area (Å²) in [4.78, 5) is 24.9. The van der Waals surface area contributed by atoms with Crippen molar-refractivity contribution in [3.8, 4) is 0 Å². The van der Waals surface area contributed by atoms with Crippen LogP contribution in [0.15, 0.2) is 48.5 Å².